The molecule has 0 saturated heterocycles. The van der Waals surface area contributed by atoms with Gasteiger partial charge in [-0.1, -0.05) is 24.3 Å². The number of hydrogen-bond donors (Lipinski definition) is 0. The molecular formula is C26H27N3O4. The van der Waals surface area contributed by atoms with Crippen molar-refractivity contribution in [2.75, 3.05) is 32.8 Å². The van der Waals surface area contributed by atoms with Crippen molar-refractivity contribution in [3.8, 4) is 17.2 Å². The van der Waals surface area contributed by atoms with Crippen LogP contribution in [0.4, 0.5) is 5.95 Å². The van der Waals surface area contributed by atoms with Crippen LogP contribution in [0.3, 0.4) is 0 Å². The third kappa shape index (κ3) is 3.88. The van der Waals surface area contributed by atoms with Crippen LogP contribution < -0.4 is 19.1 Å². The van der Waals surface area contributed by atoms with Crippen LogP contribution >= 0.6 is 0 Å². The smallest absolute Gasteiger partial charge is 0.225 e. The molecule has 0 radical (unpaired) electrons. The maximum Gasteiger partial charge on any atom is 0.225 e. The summed E-state index contributed by atoms with van der Waals surface area (Å²) >= 11 is 0. The van der Waals surface area contributed by atoms with Crippen LogP contribution in [0.5, 0.6) is 17.2 Å². The quantitative estimate of drug-likeness (QED) is 0.588. The van der Waals surface area contributed by atoms with Crippen molar-refractivity contribution in [2.45, 2.75) is 31.7 Å². The summed E-state index contributed by atoms with van der Waals surface area (Å²) in [7, 11) is 4.77. The molecule has 2 heterocycles. The summed E-state index contributed by atoms with van der Waals surface area (Å²) in [5.74, 6) is 2.43. The molecule has 0 unspecified atom stereocenters. The van der Waals surface area contributed by atoms with Crippen LogP contribution in [0.15, 0.2) is 42.6 Å². The number of carbonyl (C=O) groups is 1. The Labute approximate surface area is 193 Å². The van der Waals surface area contributed by atoms with Gasteiger partial charge in [0.1, 0.15) is 0 Å². The Morgan fingerprint density at radius 2 is 1.70 bits per heavy atom. The lowest BCUT2D eigenvalue weighted by atomic mass is 9.82. The van der Waals surface area contributed by atoms with Gasteiger partial charge in [-0.05, 0) is 47.6 Å². The summed E-state index contributed by atoms with van der Waals surface area (Å²) in [4.78, 5) is 24.6. The van der Waals surface area contributed by atoms with Gasteiger partial charge in [0.25, 0.3) is 0 Å². The molecule has 170 valence electrons. The van der Waals surface area contributed by atoms with E-state index in [1.165, 1.54) is 11.1 Å². The third-order valence-corrected chi connectivity index (χ3v) is 6.60. The molecule has 7 nitrogen and oxygen atoms in total. The maximum atomic E-state index is 13.0. The van der Waals surface area contributed by atoms with E-state index in [-0.39, 0.29) is 11.7 Å². The number of ketones is 1. The Kier molecular flexibility index (Phi) is 5.62. The molecule has 0 bridgehead atoms. The fourth-order valence-corrected chi connectivity index (χ4v) is 4.83. The van der Waals surface area contributed by atoms with E-state index in [9.17, 15) is 4.79 Å². The second-order valence-corrected chi connectivity index (χ2v) is 8.46. The zero-order valence-electron chi connectivity index (χ0n) is 19.1. The standard InChI is InChI=1S/C26H27N3O4/c1-31-23-12-19(13-24(32-2)25(23)33-3)18-10-21-20(22(30)11-18)14-27-26(28-21)29-9-8-16-6-4-5-7-17(16)15-29/h4-7,12-14,18H,8-11,15H2,1-3H3/t18-/m0/s1. The normalized spacial score (nSPS) is 17.2. The fourth-order valence-electron chi connectivity index (χ4n) is 4.83. The number of methoxy groups -OCH3 is 3. The van der Waals surface area contributed by atoms with Gasteiger partial charge in [-0.15, -0.1) is 0 Å². The third-order valence-electron chi connectivity index (χ3n) is 6.60. The molecule has 1 aromatic heterocycles. The Bertz CT molecular complexity index is 1180. The van der Waals surface area contributed by atoms with Crippen molar-refractivity contribution in [3.05, 3.63) is 70.5 Å². The van der Waals surface area contributed by atoms with Gasteiger partial charge in [-0.3, -0.25) is 4.79 Å². The van der Waals surface area contributed by atoms with Gasteiger partial charge in [-0.25, -0.2) is 9.97 Å². The molecule has 3 aromatic rings. The number of rotatable bonds is 5. The number of aromatic nitrogens is 2. The first-order chi connectivity index (χ1) is 16.1. The monoisotopic (exact) mass is 445 g/mol. The van der Waals surface area contributed by atoms with Crippen molar-refractivity contribution in [1.82, 2.24) is 9.97 Å². The summed E-state index contributed by atoms with van der Waals surface area (Å²) in [5, 5.41) is 0. The molecular weight excluding hydrogens is 418 g/mol. The number of nitrogens with zero attached hydrogens (tertiary/aromatic N) is 3. The summed E-state index contributed by atoms with van der Waals surface area (Å²) in [6, 6.07) is 12.3. The Morgan fingerprint density at radius 1 is 0.970 bits per heavy atom. The van der Waals surface area contributed by atoms with Crippen molar-refractivity contribution < 1.29 is 19.0 Å². The Balaban J connectivity index is 1.45. The van der Waals surface area contributed by atoms with E-state index in [1.54, 1.807) is 27.5 Å². The predicted octanol–water partition coefficient (Wildman–Crippen LogP) is 3.98. The molecule has 0 N–H and O–H groups in total. The van der Waals surface area contributed by atoms with E-state index in [1.807, 2.05) is 12.1 Å². The van der Waals surface area contributed by atoms with E-state index in [0.717, 1.165) is 30.8 Å². The molecule has 2 aromatic carbocycles. The number of Topliss-reactive ketones (excluding diaryl/α,β-unsaturated/α-hetero) is 1. The van der Waals surface area contributed by atoms with Crippen LogP contribution in [-0.2, 0) is 19.4 Å². The Morgan fingerprint density at radius 3 is 2.39 bits per heavy atom. The highest BCUT2D eigenvalue weighted by atomic mass is 16.5. The molecule has 2 aliphatic rings. The van der Waals surface area contributed by atoms with Crippen molar-refractivity contribution >= 4 is 11.7 Å². The van der Waals surface area contributed by atoms with Crippen LogP contribution in [0, 0.1) is 0 Å². The molecule has 33 heavy (non-hydrogen) atoms. The SMILES string of the molecule is COc1cc([C@@H]2CC(=O)c3cnc(N4CCc5ccccc5C4)nc3C2)cc(OC)c1OC. The van der Waals surface area contributed by atoms with E-state index < -0.39 is 0 Å². The number of ether oxygens (including phenoxy) is 3. The van der Waals surface area contributed by atoms with E-state index >= 15 is 0 Å². The lowest BCUT2D eigenvalue weighted by molar-refractivity contribution is 0.0962. The largest absolute Gasteiger partial charge is 0.493 e. The summed E-state index contributed by atoms with van der Waals surface area (Å²) in [6.07, 6.45) is 3.71. The van der Waals surface area contributed by atoms with Gasteiger partial charge in [-0.2, -0.15) is 0 Å². The zero-order chi connectivity index (χ0) is 22.9. The summed E-state index contributed by atoms with van der Waals surface area (Å²) in [5.41, 5.74) is 5.07. The number of hydrogen-bond acceptors (Lipinski definition) is 7. The molecule has 1 aliphatic heterocycles. The lowest BCUT2D eigenvalue weighted by Gasteiger charge is -2.30. The molecule has 7 heteroatoms. The summed E-state index contributed by atoms with van der Waals surface area (Å²) < 4.78 is 16.5. The Hall–Kier alpha value is -3.61. The first-order valence-corrected chi connectivity index (χ1v) is 11.1. The summed E-state index contributed by atoms with van der Waals surface area (Å²) in [6.45, 7) is 1.64. The molecule has 0 amide bonds. The highest BCUT2D eigenvalue weighted by molar-refractivity contribution is 5.98. The molecule has 1 aliphatic carbocycles. The van der Waals surface area contributed by atoms with Crippen LogP contribution in [-0.4, -0.2) is 43.6 Å². The van der Waals surface area contributed by atoms with Crippen molar-refractivity contribution in [1.29, 1.82) is 0 Å². The highest BCUT2D eigenvalue weighted by Gasteiger charge is 2.30. The van der Waals surface area contributed by atoms with Gasteiger partial charge in [0.2, 0.25) is 11.7 Å². The van der Waals surface area contributed by atoms with Crippen LogP contribution in [0.25, 0.3) is 0 Å². The molecule has 1 atom stereocenters. The van der Waals surface area contributed by atoms with Crippen molar-refractivity contribution in [2.24, 2.45) is 0 Å². The van der Waals surface area contributed by atoms with E-state index in [2.05, 4.69) is 34.1 Å². The maximum absolute atomic E-state index is 13.0. The fraction of sp³-hybridized carbons (Fsp3) is 0.346. The minimum atomic E-state index is -0.0245. The molecule has 0 spiro atoms. The van der Waals surface area contributed by atoms with E-state index in [4.69, 9.17) is 19.2 Å². The number of carbonyl (C=O) groups excluding carboxylic acids is 1. The minimum Gasteiger partial charge on any atom is -0.493 e. The first-order valence-electron chi connectivity index (χ1n) is 11.1. The van der Waals surface area contributed by atoms with E-state index in [0.29, 0.717) is 41.6 Å². The molecule has 0 saturated carbocycles. The highest BCUT2D eigenvalue weighted by Crippen LogP contribution is 2.42. The molecule has 5 rings (SSSR count). The predicted molar refractivity (Wildman–Crippen MR) is 125 cm³/mol. The van der Waals surface area contributed by atoms with Gasteiger partial charge in [0.05, 0.1) is 32.6 Å². The topological polar surface area (TPSA) is 73.8 Å². The number of fused-ring (bicyclic) bond motifs is 2. The second-order valence-electron chi connectivity index (χ2n) is 8.46. The number of benzene rings is 2. The van der Waals surface area contributed by atoms with Gasteiger partial charge in [0.15, 0.2) is 17.3 Å². The lowest BCUT2D eigenvalue weighted by Crippen LogP contribution is -2.32. The van der Waals surface area contributed by atoms with Gasteiger partial charge in [0, 0.05) is 25.7 Å². The average molecular weight is 446 g/mol. The minimum absolute atomic E-state index is 0.0245. The van der Waals surface area contributed by atoms with Crippen LogP contribution in [0.1, 0.15) is 45.1 Å². The van der Waals surface area contributed by atoms with Gasteiger partial charge >= 0.3 is 0 Å². The zero-order valence-corrected chi connectivity index (χ0v) is 19.1. The number of anilines is 1. The van der Waals surface area contributed by atoms with Crippen molar-refractivity contribution in [3.63, 3.8) is 0 Å². The average Bonchev–Trinajstić information content (AvgIpc) is 2.87. The molecule has 0 fully saturated rings. The second kappa shape index (κ2) is 8.73. The van der Waals surface area contributed by atoms with Gasteiger partial charge < -0.3 is 19.1 Å². The van der Waals surface area contributed by atoms with Crippen LogP contribution in [0.2, 0.25) is 0 Å². The first kappa shape index (κ1) is 21.2.